The fourth-order valence-corrected chi connectivity index (χ4v) is 3.11. The fraction of sp³-hybridized carbons (Fsp3) is 0.875. The quantitative estimate of drug-likeness (QED) is 0.692. The van der Waals surface area contributed by atoms with Gasteiger partial charge in [0, 0.05) is 12.0 Å². The van der Waals surface area contributed by atoms with E-state index in [-0.39, 0.29) is 23.8 Å². The summed E-state index contributed by atoms with van der Waals surface area (Å²) in [5.74, 6) is 0.361. The summed E-state index contributed by atoms with van der Waals surface area (Å²) in [6.07, 6.45) is 6.42. The molecule has 2 saturated carbocycles. The molecule has 0 saturated heterocycles. The van der Waals surface area contributed by atoms with Crippen molar-refractivity contribution < 1.29 is 14.7 Å². The van der Waals surface area contributed by atoms with Crippen molar-refractivity contribution in [3.05, 3.63) is 0 Å². The molecule has 0 aromatic carbocycles. The molecular weight excluding hydrogens is 268 g/mol. The maximum absolute atomic E-state index is 12.3. The topological polar surface area (TPSA) is 78.4 Å². The Labute approximate surface area is 126 Å². The molecule has 3 N–H and O–H groups in total. The predicted molar refractivity (Wildman–Crippen MR) is 80.5 cm³/mol. The highest BCUT2D eigenvalue weighted by Crippen LogP contribution is 2.29. The van der Waals surface area contributed by atoms with Gasteiger partial charge in [-0.1, -0.05) is 26.2 Å². The fourth-order valence-electron chi connectivity index (χ4n) is 3.11. The molecule has 0 heterocycles. The van der Waals surface area contributed by atoms with Gasteiger partial charge in [0.2, 0.25) is 11.8 Å². The van der Waals surface area contributed by atoms with Gasteiger partial charge in [0.05, 0.1) is 6.10 Å². The van der Waals surface area contributed by atoms with Crippen LogP contribution >= 0.6 is 0 Å². The van der Waals surface area contributed by atoms with Crippen molar-refractivity contribution in [1.29, 1.82) is 0 Å². The summed E-state index contributed by atoms with van der Waals surface area (Å²) >= 11 is 0. The first-order valence-electron chi connectivity index (χ1n) is 8.30. The summed E-state index contributed by atoms with van der Waals surface area (Å²) in [7, 11) is 0. The zero-order valence-corrected chi connectivity index (χ0v) is 13.1. The van der Waals surface area contributed by atoms with Crippen LogP contribution in [0, 0.1) is 11.8 Å². The van der Waals surface area contributed by atoms with Crippen molar-refractivity contribution in [2.45, 2.75) is 77.0 Å². The van der Waals surface area contributed by atoms with Crippen LogP contribution in [0.2, 0.25) is 0 Å². The monoisotopic (exact) mass is 296 g/mol. The molecule has 0 aromatic rings. The SMILES string of the molecule is CCC1CCCC(NC(=O)C(NC(=O)C2CC2)C(C)O)C1. The minimum absolute atomic E-state index is 0.0400. The maximum atomic E-state index is 12.3. The molecule has 2 rings (SSSR count). The van der Waals surface area contributed by atoms with Crippen LogP contribution < -0.4 is 10.6 Å². The second kappa shape index (κ2) is 7.25. The molecule has 0 radical (unpaired) electrons. The van der Waals surface area contributed by atoms with Crippen LogP contribution in [0.15, 0.2) is 0 Å². The molecule has 21 heavy (non-hydrogen) atoms. The van der Waals surface area contributed by atoms with Gasteiger partial charge in [-0.25, -0.2) is 0 Å². The molecular formula is C16H28N2O3. The van der Waals surface area contributed by atoms with E-state index in [1.165, 1.54) is 6.42 Å². The van der Waals surface area contributed by atoms with Crippen LogP contribution in [0.3, 0.4) is 0 Å². The van der Waals surface area contributed by atoms with Crippen LogP contribution in [0.5, 0.6) is 0 Å². The largest absolute Gasteiger partial charge is 0.391 e. The average molecular weight is 296 g/mol. The molecule has 2 aliphatic carbocycles. The van der Waals surface area contributed by atoms with Gasteiger partial charge < -0.3 is 15.7 Å². The minimum atomic E-state index is -0.877. The van der Waals surface area contributed by atoms with Crippen LogP contribution in [0.4, 0.5) is 0 Å². The summed E-state index contributed by atoms with van der Waals surface area (Å²) in [5, 5.41) is 15.5. The lowest BCUT2D eigenvalue weighted by Crippen LogP contribution is -2.55. The van der Waals surface area contributed by atoms with Gasteiger partial charge in [0.15, 0.2) is 0 Å². The lowest BCUT2D eigenvalue weighted by atomic mass is 9.84. The maximum Gasteiger partial charge on any atom is 0.245 e. The third-order valence-corrected chi connectivity index (χ3v) is 4.72. The molecule has 4 unspecified atom stereocenters. The van der Waals surface area contributed by atoms with Crippen LogP contribution in [-0.4, -0.2) is 35.1 Å². The molecule has 5 nitrogen and oxygen atoms in total. The second-order valence-corrected chi connectivity index (χ2v) is 6.65. The number of carbonyl (C=O) groups is 2. The summed E-state index contributed by atoms with van der Waals surface area (Å²) < 4.78 is 0. The molecule has 2 fully saturated rings. The summed E-state index contributed by atoms with van der Waals surface area (Å²) in [5.41, 5.74) is 0. The molecule has 4 atom stereocenters. The first-order valence-corrected chi connectivity index (χ1v) is 8.30. The van der Waals surface area contributed by atoms with E-state index in [2.05, 4.69) is 17.6 Å². The summed E-state index contributed by atoms with van der Waals surface area (Å²) in [6, 6.07) is -0.657. The Morgan fingerprint density at radius 1 is 1.24 bits per heavy atom. The Hall–Kier alpha value is -1.10. The number of nitrogens with one attached hydrogen (secondary N) is 2. The minimum Gasteiger partial charge on any atom is -0.391 e. The Morgan fingerprint density at radius 3 is 2.52 bits per heavy atom. The Morgan fingerprint density at radius 2 is 1.95 bits per heavy atom. The molecule has 0 aromatic heterocycles. The highest BCUT2D eigenvalue weighted by Gasteiger charge is 2.35. The van der Waals surface area contributed by atoms with Gasteiger partial charge in [-0.2, -0.15) is 0 Å². The first-order chi connectivity index (χ1) is 10.0. The van der Waals surface area contributed by atoms with Gasteiger partial charge in [-0.15, -0.1) is 0 Å². The lowest BCUT2D eigenvalue weighted by Gasteiger charge is -2.31. The zero-order chi connectivity index (χ0) is 15.4. The number of aliphatic hydroxyl groups excluding tert-OH is 1. The second-order valence-electron chi connectivity index (χ2n) is 6.65. The van der Waals surface area contributed by atoms with E-state index in [0.717, 1.165) is 38.5 Å². The number of hydrogen-bond acceptors (Lipinski definition) is 3. The molecule has 0 spiro atoms. The third kappa shape index (κ3) is 4.70. The Bertz CT molecular complexity index is 380. The molecule has 0 bridgehead atoms. The summed E-state index contributed by atoms with van der Waals surface area (Å²) in [6.45, 7) is 3.73. The third-order valence-electron chi connectivity index (χ3n) is 4.72. The molecule has 0 aliphatic heterocycles. The van der Waals surface area contributed by atoms with E-state index in [0.29, 0.717) is 5.92 Å². The van der Waals surface area contributed by atoms with E-state index in [1.54, 1.807) is 6.92 Å². The van der Waals surface area contributed by atoms with Crippen molar-refractivity contribution in [2.75, 3.05) is 0 Å². The molecule has 2 amide bonds. The van der Waals surface area contributed by atoms with E-state index in [9.17, 15) is 14.7 Å². The standard InChI is InChI=1S/C16H28N2O3/c1-3-11-5-4-6-13(9-11)17-16(21)14(10(2)19)18-15(20)12-7-8-12/h10-14,19H,3-9H2,1-2H3,(H,17,21)(H,18,20). The van der Waals surface area contributed by atoms with E-state index < -0.39 is 12.1 Å². The van der Waals surface area contributed by atoms with E-state index >= 15 is 0 Å². The van der Waals surface area contributed by atoms with Gasteiger partial charge in [0.25, 0.3) is 0 Å². The van der Waals surface area contributed by atoms with Crippen LogP contribution in [0.1, 0.15) is 58.8 Å². The van der Waals surface area contributed by atoms with Crippen molar-refractivity contribution in [3.8, 4) is 0 Å². The molecule has 2 aliphatic rings. The average Bonchev–Trinajstić information content (AvgIpc) is 3.28. The number of carbonyl (C=O) groups excluding carboxylic acids is 2. The van der Waals surface area contributed by atoms with Crippen molar-refractivity contribution in [1.82, 2.24) is 10.6 Å². The van der Waals surface area contributed by atoms with Gasteiger partial charge >= 0.3 is 0 Å². The highest BCUT2D eigenvalue weighted by molar-refractivity contribution is 5.89. The van der Waals surface area contributed by atoms with Gasteiger partial charge in [-0.05, 0) is 38.5 Å². The molecule has 120 valence electrons. The van der Waals surface area contributed by atoms with Gasteiger partial charge in [-0.3, -0.25) is 9.59 Å². The number of rotatable bonds is 6. The first kappa shape index (κ1) is 16.3. The number of amides is 2. The normalized spacial score (nSPS) is 28.5. The Kier molecular flexibility index (Phi) is 5.62. The highest BCUT2D eigenvalue weighted by atomic mass is 16.3. The predicted octanol–water partition coefficient (Wildman–Crippen LogP) is 1.35. The van der Waals surface area contributed by atoms with Crippen molar-refractivity contribution >= 4 is 11.8 Å². The van der Waals surface area contributed by atoms with Crippen LogP contribution in [0.25, 0.3) is 0 Å². The van der Waals surface area contributed by atoms with Crippen molar-refractivity contribution in [3.63, 3.8) is 0 Å². The van der Waals surface area contributed by atoms with Gasteiger partial charge in [0.1, 0.15) is 6.04 Å². The lowest BCUT2D eigenvalue weighted by molar-refractivity contribution is -0.132. The van der Waals surface area contributed by atoms with Crippen molar-refractivity contribution in [2.24, 2.45) is 11.8 Å². The van der Waals surface area contributed by atoms with Crippen LogP contribution in [-0.2, 0) is 9.59 Å². The zero-order valence-electron chi connectivity index (χ0n) is 13.1. The number of aliphatic hydroxyl groups is 1. The van der Waals surface area contributed by atoms with E-state index in [1.807, 2.05) is 0 Å². The smallest absolute Gasteiger partial charge is 0.245 e. The Balaban J connectivity index is 1.86. The van der Waals surface area contributed by atoms with E-state index in [4.69, 9.17) is 0 Å². The summed E-state index contributed by atoms with van der Waals surface area (Å²) in [4.78, 5) is 24.2. The number of hydrogen-bond donors (Lipinski definition) is 3. The molecule has 5 heteroatoms.